The second kappa shape index (κ2) is 8.37. The number of hydrazone groups is 1. The minimum Gasteiger partial charge on any atom is -0.495 e. The van der Waals surface area contributed by atoms with Gasteiger partial charge in [0, 0.05) is 36.6 Å². The zero-order valence-corrected chi connectivity index (χ0v) is 16.6. The molecule has 0 bridgehead atoms. The quantitative estimate of drug-likeness (QED) is 0.521. The first kappa shape index (κ1) is 19.0. The maximum Gasteiger partial charge on any atom is 0.223 e. The maximum absolute atomic E-state index is 12.3. The lowest BCUT2D eigenvalue weighted by molar-refractivity contribution is -0.128. The van der Waals surface area contributed by atoms with Crippen LogP contribution in [0.1, 0.15) is 18.4 Å². The van der Waals surface area contributed by atoms with E-state index in [-0.39, 0.29) is 18.1 Å². The van der Waals surface area contributed by atoms with E-state index in [4.69, 9.17) is 21.4 Å². The van der Waals surface area contributed by atoms with E-state index in [0.29, 0.717) is 11.4 Å². The van der Waals surface area contributed by atoms with Crippen LogP contribution >= 0.6 is 11.6 Å². The van der Waals surface area contributed by atoms with Crippen molar-refractivity contribution in [2.45, 2.75) is 25.0 Å². The van der Waals surface area contributed by atoms with E-state index in [1.165, 1.54) is 0 Å². The number of hydrogen-bond acceptors (Lipinski definition) is 5. The molecule has 28 heavy (non-hydrogen) atoms. The van der Waals surface area contributed by atoms with E-state index >= 15 is 0 Å². The Bertz CT molecular complexity index is 786. The average Bonchev–Trinajstić information content (AvgIpc) is 3.26. The molecule has 3 heterocycles. The summed E-state index contributed by atoms with van der Waals surface area (Å²) >= 11 is 6.04. The fourth-order valence-corrected chi connectivity index (χ4v) is 4.04. The maximum atomic E-state index is 12.3. The van der Waals surface area contributed by atoms with Crippen molar-refractivity contribution in [3.63, 3.8) is 0 Å². The summed E-state index contributed by atoms with van der Waals surface area (Å²) in [5, 5.41) is 7.64. The van der Waals surface area contributed by atoms with E-state index in [1.54, 1.807) is 18.4 Å². The fraction of sp³-hybridized carbons (Fsp3) is 0.429. The number of carbonyl (C=O) groups is 1. The van der Waals surface area contributed by atoms with Crippen molar-refractivity contribution in [1.82, 2.24) is 14.8 Å². The van der Waals surface area contributed by atoms with Crippen molar-refractivity contribution in [1.29, 1.82) is 0 Å². The molecule has 3 aliphatic heterocycles. The summed E-state index contributed by atoms with van der Waals surface area (Å²) in [5.74, 6) is 0.222. The fourth-order valence-electron chi connectivity index (χ4n) is 3.92. The van der Waals surface area contributed by atoms with Gasteiger partial charge in [-0.15, -0.1) is 0 Å². The standard InChI is InChI=1S/C21H25ClN4O2/c1-2-3-11-28-18-12-24(13-18)15-25-14-19(26-10-4-5-20(26)27)21(23-25)16-6-8-17(22)9-7-16/h2-3,6-9,11,18-19H,1,4-5,10,12-15H2/b11-3+. The van der Waals surface area contributed by atoms with Gasteiger partial charge >= 0.3 is 0 Å². The van der Waals surface area contributed by atoms with Crippen LogP contribution in [0.25, 0.3) is 0 Å². The number of hydrogen-bond donors (Lipinski definition) is 0. The van der Waals surface area contributed by atoms with Gasteiger partial charge in [0.15, 0.2) is 0 Å². The van der Waals surface area contributed by atoms with Crippen LogP contribution in [0.5, 0.6) is 0 Å². The topological polar surface area (TPSA) is 48.4 Å². The van der Waals surface area contributed by atoms with Crippen LogP contribution in [0.3, 0.4) is 0 Å². The molecule has 0 aliphatic carbocycles. The highest BCUT2D eigenvalue weighted by Gasteiger charge is 2.38. The predicted molar refractivity (Wildman–Crippen MR) is 110 cm³/mol. The molecule has 7 heteroatoms. The summed E-state index contributed by atoms with van der Waals surface area (Å²) in [6, 6.07) is 7.72. The number of halogens is 1. The van der Waals surface area contributed by atoms with Gasteiger partial charge in [0.05, 0.1) is 31.2 Å². The Balaban J connectivity index is 1.43. The molecule has 1 atom stereocenters. The Labute approximate surface area is 170 Å². The first-order valence-electron chi connectivity index (χ1n) is 9.68. The van der Waals surface area contributed by atoms with Gasteiger partial charge in [0.2, 0.25) is 5.91 Å². The lowest BCUT2D eigenvalue weighted by Gasteiger charge is -2.39. The number of amides is 1. The van der Waals surface area contributed by atoms with Crippen molar-refractivity contribution in [2.75, 3.05) is 32.8 Å². The molecule has 2 fully saturated rings. The summed E-state index contributed by atoms with van der Waals surface area (Å²) < 4.78 is 5.62. The van der Waals surface area contributed by atoms with Crippen LogP contribution < -0.4 is 0 Å². The number of allylic oxidation sites excluding steroid dienone is 2. The zero-order valence-electron chi connectivity index (χ0n) is 15.8. The van der Waals surface area contributed by atoms with E-state index in [1.807, 2.05) is 29.2 Å². The highest BCUT2D eigenvalue weighted by atomic mass is 35.5. The van der Waals surface area contributed by atoms with Crippen molar-refractivity contribution in [3.05, 3.63) is 59.8 Å². The van der Waals surface area contributed by atoms with Crippen molar-refractivity contribution in [3.8, 4) is 0 Å². The molecule has 4 rings (SSSR count). The molecule has 148 valence electrons. The second-order valence-corrected chi connectivity index (χ2v) is 7.82. The predicted octanol–water partition coefficient (Wildman–Crippen LogP) is 2.71. The Morgan fingerprint density at radius 1 is 1.25 bits per heavy atom. The average molecular weight is 401 g/mol. The highest BCUT2D eigenvalue weighted by Crippen LogP contribution is 2.25. The number of rotatable bonds is 7. The van der Waals surface area contributed by atoms with Crippen LogP contribution in [-0.2, 0) is 9.53 Å². The molecule has 1 unspecified atom stereocenters. The molecule has 0 saturated carbocycles. The lowest BCUT2D eigenvalue weighted by Crippen LogP contribution is -2.55. The third-order valence-corrected chi connectivity index (χ3v) is 5.60. The minimum atomic E-state index is 0.0000220. The Kier molecular flexibility index (Phi) is 5.69. The first-order valence-corrected chi connectivity index (χ1v) is 10.1. The van der Waals surface area contributed by atoms with Crippen molar-refractivity contribution >= 4 is 23.2 Å². The normalized spacial score (nSPS) is 23.4. The van der Waals surface area contributed by atoms with Crippen LogP contribution in [-0.4, -0.2) is 71.4 Å². The van der Waals surface area contributed by atoms with Gasteiger partial charge in [-0.1, -0.05) is 36.4 Å². The monoisotopic (exact) mass is 400 g/mol. The van der Waals surface area contributed by atoms with Gasteiger partial charge < -0.3 is 9.64 Å². The van der Waals surface area contributed by atoms with E-state index in [9.17, 15) is 4.79 Å². The molecule has 3 aliphatic rings. The number of benzene rings is 1. The summed E-state index contributed by atoms with van der Waals surface area (Å²) in [5.41, 5.74) is 1.98. The van der Waals surface area contributed by atoms with E-state index < -0.39 is 0 Å². The lowest BCUT2D eigenvalue weighted by atomic mass is 10.0. The summed E-state index contributed by atoms with van der Waals surface area (Å²) in [6.07, 6.45) is 6.96. The molecule has 1 amide bonds. The molecular formula is C21H25ClN4O2. The van der Waals surface area contributed by atoms with Gasteiger partial charge in [0.1, 0.15) is 6.10 Å². The van der Waals surface area contributed by atoms with Gasteiger partial charge in [-0.2, -0.15) is 5.10 Å². The number of likely N-dealkylation sites (tertiary alicyclic amines) is 2. The molecule has 6 nitrogen and oxygen atoms in total. The van der Waals surface area contributed by atoms with Crippen LogP contribution in [0, 0.1) is 0 Å². The molecule has 0 aromatic heterocycles. The largest absolute Gasteiger partial charge is 0.495 e. The van der Waals surface area contributed by atoms with Crippen molar-refractivity contribution < 1.29 is 9.53 Å². The third-order valence-electron chi connectivity index (χ3n) is 5.35. The number of nitrogens with zero attached hydrogens (tertiary/aromatic N) is 4. The summed E-state index contributed by atoms with van der Waals surface area (Å²) in [7, 11) is 0. The first-order chi connectivity index (χ1) is 13.6. The Morgan fingerprint density at radius 3 is 2.71 bits per heavy atom. The number of carbonyl (C=O) groups excluding carboxylic acids is 1. The molecule has 1 aromatic rings. The summed E-state index contributed by atoms with van der Waals surface area (Å²) in [4.78, 5) is 16.6. The zero-order chi connectivity index (χ0) is 19.5. The Hall–Kier alpha value is -2.31. The van der Waals surface area contributed by atoms with Gasteiger partial charge in [-0.05, 0) is 24.6 Å². The van der Waals surface area contributed by atoms with Crippen molar-refractivity contribution in [2.24, 2.45) is 5.10 Å². The third kappa shape index (κ3) is 4.08. The molecule has 0 spiro atoms. The molecular weight excluding hydrogens is 376 g/mol. The van der Waals surface area contributed by atoms with E-state index in [0.717, 1.165) is 50.5 Å². The van der Waals surface area contributed by atoms with Gasteiger partial charge in [-0.3, -0.25) is 14.7 Å². The van der Waals surface area contributed by atoms with Crippen LogP contribution in [0.4, 0.5) is 0 Å². The molecule has 2 saturated heterocycles. The number of ether oxygens (including phenoxy) is 1. The highest BCUT2D eigenvalue weighted by molar-refractivity contribution is 6.30. The second-order valence-electron chi connectivity index (χ2n) is 7.39. The molecule has 0 radical (unpaired) electrons. The Morgan fingerprint density at radius 2 is 2.04 bits per heavy atom. The smallest absolute Gasteiger partial charge is 0.223 e. The van der Waals surface area contributed by atoms with Crippen LogP contribution in [0.15, 0.2) is 54.4 Å². The molecule has 0 N–H and O–H groups in total. The van der Waals surface area contributed by atoms with Gasteiger partial charge in [0.25, 0.3) is 0 Å². The minimum absolute atomic E-state index is 0.0000220. The molecule has 1 aromatic carbocycles. The summed E-state index contributed by atoms with van der Waals surface area (Å²) in [6.45, 7) is 7.64. The van der Waals surface area contributed by atoms with Crippen LogP contribution in [0.2, 0.25) is 5.02 Å². The van der Waals surface area contributed by atoms with Gasteiger partial charge in [-0.25, -0.2) is 0 Å². The SMILES string of the molecule is C=C/C=C/OC1CN(CN2CC(N3CCCC3=O)C(c3ccc(Cl)cc3)=N2)C1. The van der Waals surface area contributed by atoms with E-state index in [2.05, 4.69) is 16.5 Å².